The molecule has 0 bridgehead atoms. The Morgan fingerprint density at radius 3 is 1.17 bits per heavy atom. The molecule has 41 valence electrons. The summed E-state index contributed by atoms with van der Waals surface area (Å²) in [4.78, 5) is 0. The summed E-state index contributed by atoms with van der Waals surface area (Å²) in [5.41, 5.74) is 0. The Morgan fingerprint density at radius 2 is 1.17 bits per heavy atom. The fourth-order valence-corrected chi connectivity index (χ4v) is 0. The molecule has 0 rings (SSSR count). The monoisotopic (exact) mass is 202 g/mol. The van der Waals surface area contributed by atoms with E-state index >= 15 is 0 Å². The Morgan fingerprint density at radius 1 is 1.17 bits per heavy atom. The summed E-state index contributed by atoms with van der Waals surface area (Å²) >= 11 is -5.88. The smallest absolute Gasteiger partial charge is 2.00 e. The van der Waals surface area contributed by atoms with Gasteiger partial charge in [0.2, 0.25) is 0 Å². The number of rotatable bonds is 0. The van der Waals surface area contributed by atoms with Gasteiger partial charge in [0.05, 0.1) is 0 Å². The molecule has 1 radical (unpaired) electrons. The van der Waals surface area contributed by atoms with Crippen molar-refractivity contribution >= 4 is 14.5 Å². The molecule has 0 aromatic rings. The average molecular weight is 202 g/mol. The first-order valence-corrected chi connectivity index (χ1v) is 3.79. The van der Waals surface area contributed by atoms with Crippen molar-refractivity contribution in [3.8, 4) is 0 Å². The Hall–Kier alpha value is 0.758. The molecule has 0 unspecified atom stereocenters. The van der Waals surface area contributed by atoms with Crippen LogP contribution in [0.5, 0.6) is 0 Å². The molecule has 6 heteroatoms. The van der Waals surface area contributed by atoms with Crippen LogP contribution >= 0.6 is 0 Å². The second-order valence-electron chi connectivity index (χ2n) is 0.447. The maximum atomic E-state index is 8.61. The molecule has 4 nitrogen and oxygen atoms in total. The molecule has 0 aliphatic carbocycles. The summed E-state index contributed by atoms with van der Waals surface area (Å²) in [6.45, 7) is 0. The molecule has 0 saturated carbocycles. The first-order valence-electron chi connectivity index (χ1n) is 0.730. The van der Waals surface area contributed by atoms with Gasteiger partial charge in [0.1, 0.15) is 0 Å². The largest absolute Gasteiger partial charge is 2.00 e. The molecule has 0 amide bonds. The molecule has 0 aliphatic rings. The molecule has 0 heterocycles. The first-order chi connectivity index (χ1) is 2.00. The summed E-state index contributed by atoms with van der Waals surface area (Å²) in [5, 5.41) is 0. The predicted octanol–water partition coefficient (Wildman–Crippen LogP) is -4.07. The average Bonchev–Trinajstić information content (AvgIpc) is 0.722. The van der Waals surface area contributed by atoms with E-state index in [9.17, 15) is 0 Å². The van der Waals surface area contributed by atoms with E-state index in [1.807, 2.05) is 0 Å². The van der Waals surface area contributed by atoms with Gasteiger partial charge in [0.15, 0.2) is 0 Å². The van der Waals surface area contributed by atoms with Crippen LogP contribution in [0.4, 0.5) is 0 Å². The Bertz CT molecular complexity index is 53.7. The van der Waals surface area contributed by atoms with E-state index in [1.165, 1.54) is 0 Å². The second kappa shape index (κ2) is 2.85. The SMILES string of the molecule is O=[As]([O-])([O-])[O-].[Cu+2]. The van der Waals surface area contributed by atoms with Gasteiger partial charge in [-0.15, -0.1) is 0 Å². The van der Waals surface area contributed by atoms with E-state index in [2.05, 4.69) is 0 Å². The van der Waals surface area contributed by atoms with E-state index in [-0.39, 0.29) is 17.1 Å². The number of hydrogen-bond donors (Lipinski definition) is 0. The van der Waals surface area contributed by atoms with Crippen LogP contribution < -0.4 is 12.3 Å². The fraction of sp³-hybridized carbons (Fsp3) is 0. The standard InChI is InChI=1S/AsH3O4.Cu/c2-1(3,4)5;/h(H3,2,3,4,5);/q;+2/p-3. The predicted molar refractivity (Wildman–Crippen MR) is 6.44 cm³/mol. The summed E-state index contributed by atoms with van der Waals surface area (Å²) in [5.74, 6) is 0. The summed E-state index contributed by atoms with van der Waals surface area (Å²) in [6, 6.07) is 0. The van der Waals surface area contributed by atoms with Gasteiger partial charge in [-0.2, -0.15) is 0 Å². The molecule has 0 N–H and O–H groups in total. The second-order valence-corrected chi connectivity index (χ2v) is 2.32. The van der Waals surface area contributed by atoms with E-state index < -0.39 is 14.5 Å². The molecule has 0 aliphatic heterocycles. The molecule has 0 aromatic heterocycles. The van der Waals surface area contributed by atoms with Crippen molar-refractivity contribution in [2.24, 2.45) is 0 Å². The van der Waals surface area contributed by atoms with Crippen molar-refractivity contribution in [3.05, 3.63) is 0 Å². The van der Waals surface area contributed by atoms with Gasteiger partial charge in [0.25, 0.3) is 0 Å². The minimum atomic E-state index is -5.88. The molecular formula is AsCuO4-. The summed E-state index contributed by atoms with van der Waals surface area (Å²) in [7, 11) is 0. The van der Waals surface area contributed by atoms with Gasteiger partial charge < -0.3 is 0 Å². The third-order valence-electron chi connectivity index (χ3n) is 0. The van der Waals surface area contributed by atoms with Crippen molar-refractivity contribution in [1.82, 2.24) is 0 Å². The zero-order chi connectivity index (χ0) is 4.50. The van der Waals surface area contributed by atoms with Crippen molar-refractivity contribution in [1.29, 1.82) is 0 Å². The quantitative estimate of drug-likeness (QED) is 0.374. The minimum absolute atomic E-state index is 0. The minimum Gasteiger partial charge on any atom is 2.00 e. The van der Waals surface area contributed by atoms with Crippen LogP contribution in [-0.4, -0.2) is 14.5 Å². The molecule has 0 aromatic carbocycles. The van der Waals surface area contributed by atoms with Crippen LogP contribution in [0.2, 0.25) is 0 Å². The van der Waals surface area contributed by atoms with Gasteiger partial charge in [-0.05, 0) is 0 Å². The summed E-state index contributed by atoms with van der Waals surface area (Å²) in [6.07, 6.45) is 0. The molecule has 0 fully saturated rings. The van der Waals surface area contributed by atoms with Crippen molar-refractivity contribution in [2.75, 3.05) is 0 Å². The van der Waals surface area contributed by atoms with E-state index in [0.29, 0.717) is 0 Å². The van der Waals surface area contributed by atoms with Crippen LogP contribution in [-0.2, 0) is 20.8 Å². The van der Waals surface area contributed by atoms with Gasteiger partial charge in [-0.1, -0.05) is 0 Å². The van der Waals surface area contributed by atoms with Gasteiger partial charge in [0, 0.05) is 0 Å². The fourth-order valence-electron chi connectivity index (χ4n) is 0. The molecule has 0 spiro atoms. The normalized spacial score (nSPS) is 9.83. The van der Waals surface area contributed by atoms with Crippen LogP contribution in [0.1, 0.15) is 0 Å². The third kappa shape index (κ3) is 117. The topological polar surface area (TPSA) is 86.2 Å². The number of hydrogen-bond acceptors (Lipinski definition) is 4. The zero-order valence-corrected chi connectivity index (χ0v) is 5.20. The first kappa shape index (κ1) is 9.90. The van der Waals surface area contributed by atoms with Crippen LogP contribution in [0, 0.1) is 0 Å². The van der Waals surface area contributed by atoms with Gasteiger partial charge in [-0.3, -0.25) is 0 Å². The van der Waals surface area contributed by atoms with Crippen molar-refractivity contribution < 1.29 is 33.1 Å². The maximum Gasteiger partial charge on any atom is 2.00 e. The van der Waals surface area contributed by atoms with E-state index in [4.69, 9.17) is 16.0 Å². The van der Waals surface area contributed by atoms with Gasteiger partial charge >= 0.3 is 47.6 Å². The van der Waals surface area contributed by atoms with E-state index in [0.717, 1.165) is 0 Å². The molecule has 6 heavy (non-hydrogen) atoms. The molecular weight excluding hydrogens is 202 g/mol. The van der Waals surface area contributed by atoms with Crippen molar-refractivity contribution in [2.45, 2.75) is 0 Å². The zero-order valence-electron chi connectivity index (χ0n) is 2.38. The molecule has 0 atom stereocenters. The van der Waals surface area contributed by atoms with Crippen LogP contribution in [0.15, 0.2) is 0 Å². The maximum absolute atomic E-state index is 8.61. The van der Waals surface area contributed by atoms with Crippen LogP contribution in [0.25, 0.3) is 0 Å². The van der Waals surface area contributed by atoms with Gasteiger partial charge in [-0.25, -0.2) is 0 Å². The Balaban J connectivity index is 0. The Kier molecular flexibility index (Phi) is 4.71. The Labute approximate surface area is 48.0 Å². The van der Waals surface area contributed by atoms with Crippen LogP contribution in [0.3, 0.4) is 0 Å². The van der Waals surface area contributed by atoms with Crippen molar-refractivity contribution in [3.63, 3.8) is 0 Å². The third-order valence-corrected chi connectivity index (χ3v) is 0. The molecule has 0 saturated heterocycles. The summed E-state index contributed by atoms with van der Waals surface area (Å²) < 4.78 is 34.4. The van der Waals surface area contributed by atoms with E-state index in [1.54, 1.807) is 0 Å².